The van der Waals surface area contributed by atoms with Crippen molar-refractivity contribution in [1.82, 2.24) is 4.90 Å². The van der Waals surface area contributed by atoms with E-state index in [1.807, 2.05) is 12.1 Å². The molecule has 2 fully saturated rings. The zero-order valence-electron chi connectivity index (χ0n) is 13.5. The predicted octanol–water partition coefficient (Wildman–Crippen LogP) is 2.07. The van der Waals surface area contributed by atoms with E-state index in [-0.39, 0.29) is 0 Å². The molecule has 1 aromatic rings. The Morgan fingerprint density at radius 2 is 2.23 bits per heavy atom. The van der Waals surface area contributed by atoms with Crippen molar-refractivity contribution in [3.05, 3.63) is 29.8 Å². The van der Waals surface area contributed by atoms with Gasteiger partial charge in [0.05, 0.1) is 7.11 Å². The zero-order valence-corrected chi connectivity index (χ0v) is 13.5. The molecule has 0 bridgehead atoms. The summed E-state index contributed by atoms with van der Waals surface area (Å²) in [6.07, 6.45) is 2.68. The van der Waals surface area contributed by atoms with Crippen molar-refractivity contribution in [3.63, 3.8) is 0 Å². The van der Waals surface area contributed by atoms with Crippen molar-refractivity contribution in [2.45, 2.75) is 32.2 Å². The second kappa shape index (κ2) is 6.29. The van der Waals surface area contributed by atoms with Crippen LogP contribution >= 0.6 is 0 Å². The minimum atomic E-state index is 0.309. The van der Waals surface area contributed by atoms with Gasteiger partial charge < -0.3 is 15.4 Å². The molecular formula is C18H26N2O2. The predicted molar refractivity (Wildman–Crippen MR) is 86.6 cm³/mol. The first kappa shape index (κ1) is 15.3. The maximum atomic E-state index is 12.4. The number of amides is 1. The number of carbonyl (C=O) groups excluding carboxylic acids is 1. The molecule has 2 N–H and O–H groups in total. The van der Waals surface area contributed by atoms with Gasteiger partial charge in [0.2, 0.25) is 5.91 Å². The van der Waals surface area contributed by atoms with Crippen molar-refractivity contribution >= 4 is 5.91 Å². The van der Waals surface area contributed by atoms with Gasteiger partial charge in [-0.3, -0.25) is 4.79 Å². The molecule has 1 aliphatic heterocycles. The Morgan fingerprint density at radius 3 is 2.95 bits per heavy atom. The zero-order chi connectivity index (χ0) is 15.7. The molecule has 0 radical (unpaired) electrons. The van der Waals surface area contributed by atoms with Gasteiger partial charge in [-0.1, -0.05) is 19.1 Å². The average Bonchev–Trinajstić information content (AvgIpc) is 2.98. The van der Waals surface area contributed by atoms with Crippen LogP contribution in [0.2, 0.25) is 0 Å². The average molecular weight is 302 g/mol. The van der Waals surface area contributed by atoms with Crippen LogP contribution in [0.15, 0.2) is 24.3 Å². The number of carbonyl (C=O) groups is 1. The largest absolute Gasteiger partial charge is 0.497 e. The maximum absolute atomic E-state index is 12.4. The fraction of sp³-hybridized carbons (Fsp3) is 0.611. The Labute approximate surface area is 132 Å². The lowest BCUT2D eigenvalue weighted by molar-refractivity contribution is -0.129. The maximum Gasteiger partial charge on any atom is 0.223 e. The molecule has 3 rings (SSSR count). The summed E-state index contributed by atoms with van der Waals surface area (Å²) in [5.41, 5.74) is 7.14. The number of likely N-dealkylation sites (tertiary alicyclic amines) is 1. The summed E-state index contributed by atoms with van der Waals surface area (Å²) < 4.78 is 5.27. The third kappa shape index (κ3) is 2.72. The highest BCUT2D eigenvalue weighted by Crippen LogP contribution is 2.45. The third-order valence-electron chi connectivity index (χ3n) is 5.57. The summed E-state index contributed by atoms with van der Waals surface area (Å²) in [5.74, 6) is 2.80. The monoisotopic (exact) mass is 302 g/mol. The van der Waals surface area contributed by atoms with Crippen LogP contribution in [-0.4, -0.2) is 37.0 Å². The standard InChI is InChI=1S/C18H26N2O2/c1-12-8-17-15(16(12)11-19)10-18(21)20(17)7-6-13-4-3-5-14(9-13)22-2/h3-5,9,12,15-17H,6-8,10-11,19H2,1-2H3/t12-,15-,16+,17?/m0/s1. The number of hydrogen-bond acceptors (Lipinski definition) is 3. The van der Waals surface area contributed by atoms with Crippen molar-refractivity contribution in [3.8, 4) is 5.75 Å². The molecule has 4 nitrogen and oxygen atoms in total. The molecule has 1 aromatic carbocycles. The highest BCUT2D eigenvalue weighted by atomic mass is 16.5. The quantitative estimate of drug-likeness (QED) is 0.906. The molecule has 120 valence electrons. The Balaban J connectivity index is 1.66. The minimum Gasteiger partial charge on any atom is -0.497 e. The van der Waals surface area contributed by atoms with Gasteiger partial charge in [0.1, 0.15) is 5.75 Å². The van der Waals surface area contributed by atoms with E-state index in [9.17, 15) is 4.79 Å². The van der Waals surface area contributed by atoms with Gasteiger partial charge in [0.15, 0.2) is 0 Å². The molecule has 1 saturated carbocycles. The first-order valence-corrected chi connectivity index (χ1v) is 8.26. The Kier molecular flexibility index (Phi) is 4.39. The van der Waals surface area contributed by atoms with Gasteiger partial charge in [-0.05, 0) is 54.8 Å². The van der Waals surface area contributed by atoms with Crippen LogP contribution in [0.25, 0.3) is 0 Å². The van der Waals surface area contributed by atoms with Crippen LogP contribution in [0.4, 0.5) is 0 Å². The van der Waals surface area contributed by atoms with Gasteiger partial charge in [0, 0.05) is 19.0 Å². The van der Waals surface area contributed by atoms with E-state index in [1.165, 1.54) is 5.56 Å². The first-order valence-electron chi connectivity index (χ1n) is 8.26. The molecule has 1 unspecified atom stereocenters. The Hall–Kier alpha value is -1.55. The lowest BCUT2D eigenvalue weighted by Crippen LogP contribution is -2.35. The second-order valence-corrected chi connectivity index (χ2v) is 6.74. The van der Waals surface area contributed by atoms with Gasteiger partial charge in [-0.25, -0.2) is 0 Å². The normalized spacial score (nSPS) is 30.7. The third-order valence-corrected chi connectivity index (χ3v) is 5.57. The van der Waals surface area contributed by atoms with Crippen LogP contribution < -0.4 is 10.5 Å². The molecule has 0 spiro atoms. The van der Waals surface area contributed by atoms with E-state index in [0.717, 1.165) is 25.1 Å². The van der Waals surface area contributed by atoms with Crippen molar-refractivity contribution < 1.29 is 9.53 Å². The number of benzene rings is 1. The van der Waals surface area contributed by atoms with Gasteiger partial charge >= 0.3 is 0 Å². The SMILES string of the molecule is COc1cccc(CCN2C(=O)C[C@@H]3C2C[C@H](C)[C@H]3CN)c1. The Bertz CT molecular complexity index is 546. The highest BCUT2D eigenvalue weighted by Gasteiger charge is 2.49. The summed E-state index contributed by atoms with van der Waals surface area (Å²) in [4.78, 5) is 14.5. The first-order chi connectivity index (χ1) is 10.6. The van der Waals surface area contributed by atoms with Crippen LogP contribution in [-0.2, 0) is 11.2 Å². The molecule has 4 atom stereocenters. The molecule has 2 aliphatic rings. The van der Waals surface area contributed by atoms with Crippen molar-refractivity contribution in [2.75, 3.05) is 20.2 Å². The van der Waals surface area contributed by atoms with E-state index < -0.39 is 0 Å². The minimum absolute atomic E-state index is 0.309. The van der Waals surface area contributed by atoms with Crippen LogP contribution in [0.5, 0.6) is 5.75 Å². The molecule has 1 amide bonds. The molecule has 1 aliphatic carbocycles. The summed E-state index contributed by atoms with van der Waals surface area (Å²) in [6, 6.07) is 8.51. The number of hydrogen-bond donors (Lipinski definition) is 1. The fourth-order valence-corrected chi connectivity index (χ4v) is 4.36. The molecule has 1 saturated heterocycles. The van der Waals surface area contributed by atoms with E-state index in [4.69, 9.17) is 10.5 Å². The van der Waals surface area contributed by atoms with Crippen molar-refractivity contribution in [1.29, 1.82) is 0 Å². The van der Waals surface area contributed by atoms with Crippen molar-refractivity contribution in [2.24, 2.45) is 23.5 Å². The van der Waals surface area contributed by atoms with Crippen LogP contribution in [0, 0.1) is 17.8 Å². The van der Waals surface area contributed by atoms with Crippen LogP contribution in [0.1, 0.15) is 25.3 Å². The second-order valence-electron chi connectivity index (χ2n) is 6.74. The van der Waals surface area contributed by atoms with E-state index >= 15 is 0 Å². The molecule has 22 heavy (non-hydrogen) atoms. The number of fused-ring (bicyclic) bond motifs is 1. The molecule has 0 aromatic heterocycles. The molecular weight excluding hydrogens is 276 g/mol. The van der Waals surface area contributed by atoms with E-state index in [0.29, 0.717) is 42.7 Å². The summed E-state index contributed by atoms with van der Waals surface area (Å²) in [6.45, 7) is 3.79. The number of ether oxygens (including phenoxy) is 1. The summed E-state index contributed by atoms with van der Waals surface area (Å²) in [5, 5.41) is 0. The fourth-order valence-electron chi connectivity index (χ4n) is 4.36. The van der Waals surface area contributed by atoms with Gasteiger partial charge in [-0.2, -0.15) is 0 Å². The lowest BCUT2D eigenvalue weighted by atomic mass is 9.89. The number of rotatable bonds is 5. The topological polar surface area (TPSA) is 55.6 Å². The van der Waals surface area contributed by atoms with E-state index in [2.05, 4.69) is 24.0 Å². The molecule has 4 heteroatoms. The summed E-state index contributed by atoms with van der Waals surface area (Å²) >= 11 is 0. The number of nitrogens with two attached hydrogens (primary N) is 1. The number of nitrogens with zero attached hydrogens (tertiary/aromatic N) is 1. The van der Waals surface area contributed by atoms with E-state index in [1.54, 1.807) is 7.11 Å². The summed E-state index contributed by atoms with van der Waals surface area (Å²) in [7, 11) is 1.68. The molecule has 1 heterocycles. The highest BCUT2D eigenvalue weighted by molar-refractivity contribution is 5.79. The van der Waals surface area contributed by atoms with Gasteiger partial charge in [0.25, 0.3) is 0 Å². The van der Waals surface area contributed by atoms with Gasteiger partial charge in [-0.15, -0.1) is 0 Å². The lowest BCUT2D eigenvalue weighted by Gasteiger charge is -2.24. The Morgan fingerprint density at radius 1 is 1.41 bits per heavy atom. The van der Waals surface area contributed by atoms with Crippen LogP contribution in [0.3, 0.4) is 0 Å². The smallest absolute Gasteiger partial charge is 0.223 e. The number of methoxy groups -OCH3 is 1.